The number of nitrogens with zero attached hydrogens (tertiary/aromatic N) is 2. The highest BCUT2D eigenvalue weighted by Crippen LogP contribution is 2.16. The number of rotatable bonds is 9. The van der Waals surface area contributed by atoms with E-state index in [1.807, 2.05) is 6.07 Å². The molecule has 0 spiro atoms. The van der Waals surface area contributed by atoms with Crippen LogP contribution in [0.4, 0.5) is 0 Å². The molecule has 0 fully saturated rings. The maximum Gasteiger partial charge on any atom is 0.123 e. The Hall–Kier alpha value is -1.39. The van der Waals surface area contributed by atoms with Crippen molar-refractivity contribution in [2.45, 2.75) is 46.2 Å². The second kappa shape index (κ2) is 8.15. The molecule has 0 aliphatic heterocycles. The van der Waals surface area contributed by atoms with E-state index in [9.17, 15) is 0 Å². The lowest BCUT2D eigenvalue weighted by molar-refractivity contribution is 0.247. The van der Waals surface area contributed by atoms with Gasteiger partial charge in [-0.25, -0.2) is 4.98 Å². The molecule has 0 saturated heterocycles. The third-order valence-corrected chi connectivity index (χ3v) is 4.00. The van der Waals surface area contributed by atoms with Crippen LogP contribution in [0, 0.1) is 5.92 Å². The van der Waals surface area contributed by atoms with Gasteiger partial charge in [-0.15, -0.1) is 0 Å². The summed E-state index contributed by atoms with van der Waals surface area (Å²) in [5.74, 6) is 1.65. The van der Waals surface area contributed by atoms with Crippen LogP contribution in [0.5, 0.6) is 0 Å². The van der Waals surface area contributed by atoms with E-state index in [4.69, 9.17) is 10.1 Å². The fourth-order valence-electron chi connectivity index (χ4n) is 2.94. The molecule has 4 heteroatoms. The second-order valence-corrected chi connectivity index (χ2v) is 5.56. The minimum atomic E-state index is 0.278. The van der Waals surface area contributed by atoms with E-state index in [-0.39, 0.29) is 6.61 Å². The summed E-state index contributed by atoms with van der Waals surface area (Å²) in [6.07, 6.45) is 3.21. The number of aliphatic hydroxyl groups excluding tert-OH is 1. The van der Waals surface area contributed by atoms with Crippen molar-refractivity contribution in [3.63, 3.8) is 0 Å². The van der Waals surface area contributed by atoms with Crippen molar-refractivity contribution in [1.29, 1.82) is 0 Å². The molecule has 1 heterocycles. The van der Waals surface area contributed by atoms with E-state index in [0.29, 0.717) is 5.92 Å². The minimum absolute atomic E-state index is 0.278. The average molecular weight is 289 g/mol. The molecular weight excluding hydrogens is 262 g/mol. The molecule has 0 aliphatic rings. The van der Waals surface area contributed by atoms with Gasteiger partial charge in [-0.2, -0.15) is 0 Å². The smallest absolute Gasteiger partial charge is 0.123 e. The highest BCUT2D eigenvalue weighted by molar-refractivity contribution is 5.75. The molecular formula is C17H27N3O. The van der Waals surface area contributed by atoms with Crippen molar-refractivity contribution in [2.24, 2.45) is 5.92 Å². The van der Waals surface area contributed by atoms with Crippen LogP contribution in [0.2, 0.25) is 0 Å². The molecule has 2 N–H and O–H groups in total. The predicted molar refractivity (Wildman–Crippen MR) is 87.2 cm³/mol. The van der Waals surface area contributed by atoms with Gasteiger partial charge in [-0.3, -0.25) is 0 Å². The summed E-state index contributed by atoms with van der Waals surface area (Å²) in [6, 6.07) is 8.29. The summed E-state index contributed by atoms with van der Waals surface area (Å²) in [5.41, 5.74) is 2.27. The van der Waals surface area contributed by atoms with E-state index in [1.54, 1.807) is 0 Å². The van der Waals surface area contributed by atoms with Crippen molar-refractivity contribution >= 4 is 11.0 Å². The Kier molecular flexibility index (Phi) is 6.21. The molecule has 1 aromatic heterocycles. The molecule has 4 nitrogen and oxygen atoms in total. The number of para-hydroxylation sites is 2. The summed E-state index contributed by atoms with van der Waals surface area (Å²) in [4.78, 5) is 4.72. The summed E-state index contributed by atoms with van der Waals surface area (Å²) < 4.78 is 2.27. The zero-order valence-electron chi connectivity index (χ0n) is 13.2. The molecule has 2 aromatic rings. The van der Waals surface area contributed by atoms with E-state index < -0.39 is 0 Å². The van der Waals surface area contributed by atoms with Gasteiger partial charge in [0.25, 0.3) is 0 Å². The fourth-order valence-corrected chi connectivity index (χ4v) is 2.94. The first-order chi connectivity index (χ1) is 10.3. The summed E-state index contributed by atoms with van der Waals surface area (Å²) >= 11 is 0. The van der Waals surface area contributed by atoms with E-state index in [0.717, 1.165) is 43.8 Å². The molecule has 0 radical (unpaired) electrons. The molecule has 1 unspecified atom stereocenters. The van der Waals surface area contributed by atoms with Crippen molar-refractivity contribution in [1.82, 2.24) is 14.9 Å². The second-order valence-electron chi connectivity index (χ2n) is 5.56. The van der Waals surface area contributed by atoms with Crippen molar-refractivity contribution in [3.05, 3.63) is 30.1 Å². The van der Waals surface area contributed by atoms with Crippen molar-refractivity contribution in [2.75, 3.05) is 13.2 Å². The molecule has 2 rings (SSSR count). The zero-order valence-corrected chi connectivity index (χ0v) is 13.2. The van der Waals surface area contributed by atoms with Crippen molar-refractivity contribution < 1.29 is 5.11 Å². The topological polar surface area (TPSA) is 50.1 Å². The number of hydrogen-bond donors (Lipinski definition) is 2. The Bertz CT molecular complexity index is 544. The van der Waals surface area contributed by atoms with Gasteiger partial charge in [0.1, 0.15) is 5.82 Å². The lowest BCUT2D eigenvalue weighted by atomic mass is 10.0. The minimum Gasteiger partial charge on any atom is -0.396 e. The number of imidazole rings is 1. The monoisotopic (exact) mass is 289 g/mol. The van der Waals surface area contributed by atoms with Crippen LogP contribution < -0.4 is 5.32 Å². The Morgan fingerprint density at radius 2 is 2.05 bits per heavy atom. The lowest BCUT2D eigenvalue weighted by Crippen LogP contribution is -2.24. The van der Waals surface area contributed by atoms with Gasteiger partial charge in [0, 0.05) is 13.2 Å². The molecule has 0 saturated carbocycles. The van der Waals surface area contributed by atoms with Gasteiger partial charge in [-0.05, 0) is 44.4 Å². The number of benzene rings is 1. The maximum absolute atomic E-state index is 9.11. The number of aryl methyl sites for hydroxylation is 1. The van der Waals surface area contributed by atoms with Gasteiger partial charge >= 0.3 is 0 Å². The van der Waals surface area contributed by atoms with Crippen LogP contribution in [0.1, 0.15) is 38.9 Å². The Labute approximate surface area is 127 Å². The third kappa shape index (κ3) is 4.05. The predicted octanol–water partition coefficient (Wildman–Crippen LogP) is 2.94. The SMILES string of the molecule is CCCC(CCO)CNCc1nc2ccccc2n1CC. The average Bonchev–Trinajstić information content (AvgIpc) is 2.85. The summed E-state index contributed by atoms with van der Waals surface area (Å²) in [6.45, 7) is 7.30. The van der Waals surface area contributed by atoms with Crippen LogP contribution >= 0.6 is 0 Å². The van der Waals surface area contributed by atoms with Crippen LogP contribution in [-0.4, -0.2) is 27.8 Å². The van der Waals surface area contributed by atoms with Crippen LogP contribution in [-0.2, 0) is 13.1 Å². The largest absolute Gasteiger partial charge is 0.396 e. The number of aliphatic hydroxyl groups is 1. The van der Waals surface area contributed by atoms with Crippen LogP contribution in [0.15, 0.2) is 24.3 Å². The Morgan fingerprint density at radius 3 is 2.76 bits per heavy atom. The van der Waals surface area contributed by atoms with Gasteiger partial charge in [0.15, 0.2) is 0 Å². The number of aromatic nitrogens is 2. The number of hydrogen-bond acceptors (Lipinski definition) is 3. The quantitative estimate of drug-likeness (QED) is 0.746. The normalized spacial score (nSPS) is 12.9. The van der Waals surface area contributed by atoms with Gasteiger partial charge in [0.05, 0.1) is 17.6 Å². The molecule has 1 aromatic carbocycles. The molecule has 21 heavy (non-hydrogen) atoms. The highest BCUT2D eigenvalue weighted by Gasteiger charge is 2.10. The summed E-state index contributed by atoms with van der Waals surface area (Å²) in [7, 11) is 0. The first-order valence-electron chi connectivity index (χ1n) is 8.05. The fraction of sp³-hybridized carbons (Fsp3) is 0.588. The van der Waals surface area contributed by atoms with Gasteiger partial charge < -0.3 is 15.0 Å². The van der Waals surface area contributed by atoms with E-state index in [1.165, 1.54) is 11.9 Å². The number of fused-ring (bicyclic) bond motifs is 1. The standard InChI is InChI=1S/C17H27N3O/c1-3-7-14(10-11-21)12-18-13-17-19-15-8-5-6-9-16(15)20(17)4-2/h5-6,8-9,14,18,21H,3-4,7,10-13H2,1-2H3. The third-order valence-electron chi connectivity index (χ3n) is 4.00. The lowest BCUT2D eigenvalue weighted by Gasteiger charge is -2.15. The first kappa shape index (κ1) is 16.0. The van der Waals surface area contributed by atoms with Gasteiger partial charge in [0.2, 0.25) is 0 Å². The molecule has 1 atom stereocenters. The summed E-state index contributed by atoms with van der Waals surface area (Å²) in [5, 5.41) is 12.6. The Balaban J connectivity index is 1.99. The Morgan fingerprint density at radius 1 is 1.24 bits per heavy atom. The van der Waals surface area contributed by atoms with Crippen LogP contribution in [0.25, 0.3) is 11.0 Å². The highest BCUT2D eigenvalue weighted by atomic mass is 16.3. The maximum atomic E-state index is 9.11. The van der Waals surface area contributed by atoms with E-state index >= 15 is 0 Å². The molecule has 0 amide bonds. The van der Waals surface area contributed by atoms with Crippen LogP contribution in [0.3, 0.4) is 0 Å². The zero-order chi connectivity index (χ0) is 15.1. The molecule has 116 valence electrons. The van der Waals surface area contributed by atoms with Crippen molar-refractivity contribution in [3.8, 4) is 0 Å². The van der Waals surface area contributed by atoms with Gasteiger partial charge in [-0.1, -0.05) is 25.5 Å². The molecule has 0 bridgehead atoms. The molecule has 0 aliphatic carbocycles. The number of nitrogens with one attached hydrogen (secondary N) is 1. The first-order valence-corrected chi connectivity index (χ1v) is 8.05. The van der Waals surface area contributed by atoms with E-state index in [2.05, 4.69) is 41.9 Å².